The first-order valence-corrected chi connectivity index (χ1v) is 5.86. The molecule has 0 bridgehead atoms. The van der Waals surface area contributed by atoms with Gasteiger partial charge in [-0.3, -0.25) is 4.79 Å². The molecule has 1 nitrogen and oxygen atoms in total. The Morgan fingerprint density at radius 2 is 1.61 bits per heavy atom. The van der Waals surface area contributed by atoms with Gasteiger partial charge in [-0.05, 0) is 49.1 Å². The molecule has 0 amide bonds. The molecule has 2 aromatic rings. The Kier molecular flexibility index (Phi) is 3.28. The van der Waals surface area contributed by atoms with Gasteiger partial charge in [0.25, 0.3) is 0 Å². The van der Waals surface area contributed by atoms with Crippen LogP contribution in [0.4, 0.5) is 4.39 Å². The Labute approximate surface area is 106 Å². The van der Waals surface area contributed by atoms with Crippen molar-refractivity contribution in [3.8, 4) is 11.1 Å². The Balaban J connectivity index is 2.61. The first-order valence-electron chi connectivity index (χ1n) is 5.86. The van der Waals surface area contributed by atoms with Crippen molar-refractivity contribution in [1.82, 2.24) is 0 Å². The minimum Gasteiger partial charge on any atom is -0.298 e. The second-order valence-corrected chi connectivity index (χ2v) is 4.62. The van der Waals surface area contributed by atoms with E-state index in [0.29, 0.717) is 11.1 Å². The van der Waals surface area contributed by atoms with Crippen LogP contribution in [0.15, 0.2) is 30.3 Å². The first kappa shape index (κ1) is 12.5. The van der Waals surface area contributed by atoms with E-state index in [2.05, 4.69) is 0 Å². The third-order valence-electron chi connectivity index (χ3n) is 3.15. The Hall–Kier alpha value is -1.96. The lowest BCUT2D eigenvalue weighted by atomic mass is 9.95. The van der Waals surface area contributed by atoms with Gasteiger partial charge in [0.15, 0.2) is 6.29 Å². The molecule has 0 saturated carbocycles. The van der Waals surface area contributed by atoms with Gasteiger partial charge >= 0.3 is 0 Å². The second-order valence-electron chi connectivity index (χ2n) is 4.62. The van der Waals surface area contributed by atoms with Crippen LogP contribution in [0, 0.1) is 26.6 Å². The van der Waals surface area contributed by atoms with Crippen molar-refractivity contribution in [1.29, 1.82) is 0 Å². The quantitative estimate of drug-likeness (QED) is 0.720. The molecule has 0 heterocycles. The van der Waals surface area contributed by atoms with Crippen LogP contribution in [0.1, 0.15) is 27.0 Å². The number of benzene rings is 2. The average molecular weight is 242 g/mol. The fraction of sp³-hybridized carbons (Fsp3) is 0.188. The monoisotopic (exact) mass is 242 g/mol. The van der Waals surface area contributed by atoms with Crippen molar-refractivity contribution in [2.24, 2.45) is 0 Å². The molecule has 0 spiro atoms. The molecule has 0 radical (unpaired) electrons. The van der Waals surface area contributed by atoms with E-state index < -0.39 is 0 Å². The molecule has 2 aromatic carbocycles. The smallest absolute Gasteiger partial charge is 0.150 e. The maximum absolute atomic E-state index is 13.9. The molecule has 0 N–H and O–H groups in total. The highest BCUT2D eigenvalue weighted by atomic mass is 19.1. The molecule has 0 aromatic heterocycles. The summed E-state index contributed by atoms with van der Waals surface area (Å²) in [5.41, 5.74) is 4.72. The van der Waals surface area contributed by atoms with Crippen LogP contribution in [-0.4, -0.2) is 6.29 Å². The molecule has 2 rings (SSSR count). The molecular weight excluding hydrogens is 227 g/mol. The van der Waals surface area contributed by atoms with Gasteiger partial charge in [0.2, 0.25) is 0 Å². The summed E-state index contributed by atoms with van der Waals surface area (Å²) < 4.78 is 13.9. The number of hydrogen-bond donors (Lipinski definition) is 0. The van der Waals surface area contributed by atoms with Crippen molar-refractivity contribution < 1.29 is 9.18 Å². The van der Waals surface area contributed by atoms with Crippen LogP contribution in [0.25, 0.3) is 11.1 Å². The normalized spacial score (nSPS) is 10.4. The van der Waals surface area contributed by atoms with E-state index in [4.69, 9.17) is 0 Å². The van der Waals surface area contributed by atoms with E-state index in [-0.39, 0.29) is 5.82 Å². The van der Waals surface area contributed by atoms with Crippen molar-refractivity contribution in [3.63, 3.8) is 0 Å². The summed E-state index contributed by atoms with van der Waals surface area (Å²) in [6, 6.07) is 8.89. The van der Waals surface area contributed by atoms with Gasteiger partial charge in [-0.1, -0.05) is 24.3 Å². The molecule has 92 valence electrons. The highest BCUT2D eigenvalue weighted by Crippen LogP contribution is 2.27. The molecular formula is C16H15FO. The summed E-state index contributed by atoms with van der Waals surface area (Å²) >= 11 is 0. The van der Waals surface area contributed by atoms with E-state index in [1.54, 1.807) is 6.07 Å². The van der Waals surface area contributed by atoms with Gasteiger partial charge in [-0.25, -0.2) is 4.39 Å². The molecule has 0 aliphatic rings. The van der Waals surface area contributed by atoms with Gasteiger partial charge < -0.3 is 0 Å². The summed E-state index contributed by atoms with van der Waals surface area (Å²) in [5.74, 6) is -0.229. The highest BCUT2D eigenvalue weighted by molar-refractivity contribution is 5.82. The van der Waals surface area contributed by atoms with Crippen LogP contribution in [0.3, 0.4) is 0 Å². The van der Waals surface area contributed by atoms with Crippen molar-refractivity contribution in [2.75, 3.05) is 0 Å². The molecule has 0 atom stereocenters. The van der Waals surface area contributed by atoms with Gasteiger partial charge in [-0.2, -0.15) is 0 Å². The molecule has 0 saturated heterocycles. The van der Waals surface area contributed by atoms with Crippen molar-refractivity contribution in [2.45, 2.75) is 20.8 Å². The molecule has 18 heavy (non-hydrogen) atoms. The first-order chi connectivity index (χ1) is 8.52. The summed E-state index contributed by atoms with van der Waals surface area (Å²) in [6.07, 6.45) is 0.847. The standard InChI is InChI=1S/C16H15FO/c1-10-4-5-14(16(17)6-10)13-7-11(2)15(9-18)12(3)8-13/h4-9H,1-3H3. The van der Waals surface area contributed by atoms with Gasteiger partial charge in [0.1, 0.15) is 5.82 Å². The van der Waals surface area contributed by atoms with Crippen LogP contribution in [0.5, 0.6) is 0 Å². The zero-order valence-electron chi connectivity index (χ0n) is 10.8. The highest BCUT2D eigenvalue weighted by Gasteiger charge is 2.09. The topological polar surface area (TPSA) is 17.1 Å². The third-order valence-corrected chi connectivity index (χ3v) is 3.15. The number of hydrogen-bond acceptors (Lipinski definition) is 1. The molecule has 2 heteroatoms. The van der Waals surface area contributed by atoms with Crippen LogP contribution < -0.4 is 0 Å². The minimum atomic E-state index is -0.229. The average Bonchev–Trinajstić information content (AvgIpc) is 2.28. The lowest BCUT2D eigenvalue weighted by Crippen LogP contribution is -1.94. The van der Waals surface area contributed by atoms with Gasteiger partial charge in [0.05, 0.1) is 0 Å². The summed E-state index contributed by atoms with van der Waals surface area (Å²) in [6.45, 7) is 5.59. The number of aryl methyl sites for hydroxylation is 3. The SMILES string of the molecule is Cc1ccc(-c2cc(C)c(C=O)c(C)c2)c(F)c1. The van der Waals surface area contributed by atoms with E-state index >= 15 is 0 Å². The number of aldehydes is 1. The Morgan fingerprint density at radius 3 is 2.11 bits per heavy atom. The van der Waals surface area contributed by atoms with E-state index in [0.717, 1.165) is 28.5 Å². The third kappa shape index (κ3) is 2.19. The molecule has 0 unspecified atom stereocenters. The van der Waals surface area contributed by atoms with Crippen LogP contribution >= 0.6 is 0 Å². The zero-order valence-corrected chi connectivity index (χ0v) is 10.8. The molecule has 0 aliphatic heterocycles. The lowest BCUT2D eigenvalue weighted by Gasteiger charge is -2.10. The van der Waals surface area contributed by atoms with E-state index in [1.807, 2.05) is 39.0 Å². The summed E-state index contributed by atoms with van der Waals surface area (Å²) in [7, 11) is 0. The second kappa shape index (κ2) is 4.73. The minimum absolute atomic E-state index is 0.229. The lowest BCUT2D eigenvalue weighted by molar-refractivity contribution is 0.112. The predicted octanol–water partition coefficient (Wildman–Crippen LogP) is 4.23. The summed E-state index contributed by atoms with van der Waals surface area (Å²) in [4.78, 5) is 10.9. The maximum atomic E-state index is 13.9. The number of carbonyl (C=O) groups excluding carboxylic acids is 1. The number of carbonyl (C=O) groups is 1. The van der Waals surface area contributed by atoms with Crippen molar-refractivity contribution in [3.05, 3.63) is 58.4 Å². The largest absolute Gasteiger partial charge is 0.298 e. The van der Waals surface area contributed by atoms with Gasteiger partial charge in [0, 0.05) is 11.1 Å². The van der Waals surface area contributed by atoms with Gasteiger partial charge in [-0.15, -0.1) is 0 Å². The number of halogens is 1. The maximum Gasteiger partial charge on any atom is 0.150 e. The predicted molar refractivity (Wildman–Crippen MR) is 71.4 cm³/mol. The Morgan fingerprint density at radius 1 is 1.00 bits per heavy atom. The van der Waals surface area contributed by atoms with E-state index in [1.165, 1.54) is 6.07 Å². The summed E-state index contributed by atoms with van der Waals surface area (Å²) in [5, 5.41) is 0. The fourth-order valence-corrected chi connectivity index (χ4v) is 2.17. The fourth-order valence-electron chi connectivity index (χ4n) is 2.17. The Bertz CT molecular complexity index is 591. The molecule has 0 fully saturated rings. The molecule has 0 aliphatic carbocycles. The number of rotatable bonds is 2. The van der Waals surface area contributed by atoms with Crippen molar-refractivity contribution >= 4 is 6.29 Å². The van der Waals surface area contributed by atoms with Crippen LogP contribution in [-0.2, 0) is 0 Å². The van der Waals surface area contributed by atoms with Crippen LogP contribution in [0.2, 0.25) is 0 Å². The van der Waals surface area contributed by atoms with E-state index in [9.17, 15) is 9.18 Å². The zero-order chi connectivity index (χ0) is 13.3.